The molecule has 0 aliphatic heterocycles. The van der Waals surface area contributed by atoms with Gasteiger partial charge < -0.3 is 5.11 Å². The maximum absolute atomic E-state index is 9.96. The number of benzene rings is 1. The highest BCUT2D eigenvalue weighted by molar-refractivity contribution is 7.09. The van der Waals surface area contributed by atoms with Crippen molar-refractivity contribution in [3.8, 4) is 0 Å². The largest absolute Gasteiger partial charge is 0.387 e. The number of rotatable bonds is 3. The number of aliphatic hydroxyl groups excluding tert-OH is 1. The van der Waals surface area contributed by atoms with E-state index in [0.717, 1.165) is 10.4 Å². The molecule has 0 fully saturated rings. The highest BCUT2D eigenvalue weighted by Crippen LogP contribution is 2.30. The molecule has 0 saturated carbocycles. The number of hydrogen-bond acceptors (Lipinski definition) is 3. The Hall–Kier alpha value is -0.610. The first-order valence-corrected chi connectivity index (χ1v) is 6.31. The molecule has 0 aliphatic rings. The van der Waals surface area contributed by atoms with E-state index in [1.54, 1.807) is 29.9 Å². The SMILES string of the molecule is OC(Cc1c(Cl)cccc1Cl)c1cncs1. The van der Waals surface area contributed by atoms with Crippen LogP contribution in [0.25, 0.3) is 0 Å². The van der Waals surface area contributed by atoms with Gasteiger partial charge in [-0.1, -0.05) is 29.3 Å². The topological polar surface area (TPSA) is 33.1 Å². The Morgan fingerprint density at radius 1 is 1.31 bits per heavy atom. The Morgan fingerprint density at radius 2 is 2.00 bits per heavy atom. The van der Waals surface area contributed by atoms with Gasteiger partial charge >= 0.3 is 0 Å². The molecule has 2 nitrogen and oxygen atoms in total. The second-order valence-electron chi connectivity index (χ2n) is 3.32. The minimum absolute atomic E-state index is 0.403. The van der Waals surface area contributed by atoms with Crippen LogP contribution in [-0.2, 0) is 6.42 Å². The van der Waals surface area contributed by atoms with E-state index in [9.17, 15) is 5.11 Å². The van der Waals surface area contributed by atoms with Crippen LogP contribution in [0.1, 0.15) is 16.5 Å². The third-order valence-corrected chi connectivity index (χ3v) is 3.82. The summed E-state index contributed by atoms with van der Waals surface area (Å²) in [6, 6.07) is 5.32. The normalized spacial score (nSPS) is 12.7. The van der Waals surface area contributed by atoms with E-state index < -0.39 is 6.10 Å². The molecule has 0 saturated heterocycles. The molecule has 2 rings (SSSR count). The van der Waals surface area contributed by atoms with Crippen LogP contribution in [0.3, 0.4) is 0 Å². The van der Waals surface area contributed by atoms with E-state index in [2.05, 4.69) is 4.98 Å². The molecule has 16 heavy (non-hydrogen) atoms. The van der Waals surface area contributed by atoms with Crippen molar-refractivity contribution < 1.29 is 5.11 Å². The first-order chi connectivity index (χ1) is 7.68. The summed E-state index contributed by atoms with van der Waals surface area (Å²) in [5.41, 5.74) is 2.46. The summed E-state index contributed by atoms with van der Waals surface area (Å²) in [7, 11) is 0. The van der Waals surface area contributed by atoms with E-state index in [1.165, 1.54) is 11.3 Å². The van der Waals surface area contributed by atoms with Crippen LogP contribution in [0.4, 0.5) is 0 Å². The summed E-state index contributed by atoms with van der Waals surface area (Å²) in [4.78, 5) is 4.74. The molecular formula is C11H9Cl2NOS. The molecule has 0 spiro atoms. The molecule has 1 N–H and O–H groups in total. The predicted molar refractivity (Wildman–Crippen MR) is 67.2 cm³/mol. The van der Waals surface area contributed by atoms with E-state index in [-0.39, 0.29) is 0 Å². The van der Waals surface area contributed by atoms with Crippen molar-refractivity contribution >= 4 is 34.5 Å². The Bertz CT molecular complexity index is 453. The molecule has 1 unspecified atom stereocenters. The Labute approximate surface area is 107 Å². The number of halogens is 2. The van der Waals surface area contributed by atoms with Crippen LogP contribution in [0.2, 0.25) is 10.0 Å². The van der Waals surface area contributed by atoms with Crippen molar-refractivity contribution in [2.24, 2.45) is 0 Å². The summed E-state index contributed by atoms with van der Waals surface area (Å²) < 4.78 is 0. The smallest absolute Gasteiger partial charge is 0.0939 e. The number of thiazole rings is 1. The average Bonchev–Trinajstić information content (AvgIpc) is 2.76. The summed E-state index contributed by atoms with van der Waals surface area (Å²) in [6.07, 6.45) is 1.45. The van der Waals surface area contributed by atoms with Crippen LogP contribution in [0.5, 0.6) is 0 Å². The Balaban J connectivity index is 2.21. The van der Waals surface area contributed by atoms with Crippen molar-refractivity contribution in [2.45, 2.75) is 12.5 Å². The highest BCUT2D eigenvalue weighted by atomic mass is 35.5. The van der Waals surface area contributed by atoms with E-state index in [4.69, 9.17) is 23.2 Å². The van der Waals surface area contributed by atoms with E-state index in [0.29, 0.717) is 16.5 Å². The van der Waals surface area contributed by atoms with Gasteiger partial charge in [0.2, 0.25) is 0 Å². The molecule has 0 aliphatic carbocycles. The molecule has 1 atom stereocenters. The number of aliphatic hydroxyl groups is 1. The van der Waals surface area contributed by atoms with Crippen LogP contribution in [-0.4, -0.2) is 10.1 Å². The number of aromatic nitrogens is 1. The van der Waals surface area contributed by atoms with Crippen LogP contribution in [0.15, 0.2) is 29.9 Å². The summed E-state index contributed by atoms with van der Waals surface area (Å²) >= 11 is 13.5. The van der Waals surface area contributed by atoms with Gasteiger partial charge in [0, 0.05) is 22.7 Å². The van der Waals surface area contributed by atoms with Gasteiger partial charge in [-0.25, -0.2) is 0 Å². The summed E-state index contributed by atoms with van der Waals surface area (Å²) in [5.74, 6) is 0. The van der Waals surface area contributed by atoms with Crippen molar-refractivity contribution in [3.63, 3.8) is 0 Å². The average molecular weight is 274 g/mol. The molecule has 1 heterocycles. The fraction of sp³-hybridized carbons (Fsp3) is 0.182. The monoisotopic (exact) mass is 273 g/mol. The highest BCUT2D eigenvalue weighted by Gasteiger charge is 2.14. The van der Waals surface area contributed by atoms with E-state index in [1.807, 2.05) is 0 Å². The first kappa shape index (κ1) is 11.9. The lowest BCUT2D eigenvalue weighted by molar-refractivity contribution is 0.182. The molecular weight excluding hydrogens is 265 g/mol. The molecule has 0 radical (unpaired) electrons. The fourth-order valence-corrected chi connectivity index (χ4v) is 2.57. The van der Waals surface area contributed by atoms with Gasteiger partial charge in [0.25, 0.3) is 0 Å². The van der Waals surface area contributed by atoms with Crippen LogP contribution >= 0.6 is 34.5 Å². The minimum Gasteiger partial charge on any atom is -0.387 e. The molecule has 5 heteroatoms. The third-order valence-electron chi connectivity index (χ3n) is 2.24. The zero-order valence-corrected chi connectivity index (χ0v) is 10.6. The van der Waals surface area contributed by atoms with Gasteiger partial charge in [0.1, 0.15) is 0 Å². The maximum atomic E-state index is 9.96. The Kier molecular flexibility index (Phi) is 3.82. The zero-order valence-electron chi connectivity index (χ0n) is 8.23. The van der Waals surface area contributed by atoms with Crippen LogP contribution < -0.4 is 0 Å². The lowest BCUT2D eigenvalue weighted by atomic mass is 10.1. The lowest BCUT2D eigenvalue weighted by Gasteiger charge is -2.11. The fourth-order valence-electron chi connectivity index (χ4n) is 1.41. The number of hydrogen-bond donors (Lipinski definition) is 1. The van der Waals surface area contributed by atoms with E-state index >= 15 is 0 Å². The summed E-state index contributed by atoms with van der Waals surface area (Å²) in [6.45, 7) is 0. The number of nitrogens with zero attached hydrogens (tertiary/aromatic N) is 1. The van der Waals surface area contributed by atoms with Gasteiger partial charge in [0.15, 0.2) is 0 Å². The molecule has 1 aromatic heterocycles. The summed E-state index contributed by atoms with van der Waals surface area (Å²) in [5, 5.41) is 11.1. The molecule has 0 bridgehead atoms. The van der Waals surface area contributed by atoms with Crippen molar-refractivity contribution in [1.29, 1.82) is 0 Å². The third kappa shape index (κ3) is 2.55. The van der Waals surface area contributed by atoms with Gasteiger partial charge in [-0.2, -0.15) is 0 Å². The quantitative estimate of drug-likeness (QED) is 0.925. The van der Waals surface area contributed by atoms with Crippen molar-refractivity contribution in [3.05, 3.63) is 50.4 Å². The molecule has 84 valence electrons. The zero-order chi connectivity index (χ0) is 11.5. The first-order valence-electron chi connectivity index (χ1n) is 4.68. The van der Waals surface area contributed by atoms with Gasteiger partial charge in [0.05, 0.1) is 16.5 Å². The molecule has 1 aromatic carbocycles. The minimum atomic E-state index is -0.607. The predicted octanol–water partition coefficient (Wildman–Crippen LogP) is 3.73. The second kappa shape index (κ2) is 5.15. The maximum Gasteiger partial charge on any atom is 0.0939 e. The Morgan fingerprint density at radius 3 is 2.56 bits per heavy atom. The van der Waals surface area contributed by atoms with Gasteiger partial charge in [-0.15, -0.1) is 11.3 Å². The molecule has 2 aromatic rings. The second-order valence-corrected chi connectivity index (χ2v) is 5.06. The van der Waals surface area contributed by atoms with Gasteiger partial charge in [-0.3, -0.25) is 4.98 Å². The van der Waals surface area contributed by atoms with Gasteiger partial charge in [-0.05, 0) is 17.7 Å². The lowest BCUT2D eigenvalue weighted by Crippen LogP contribution is -2.00. The van der Waals surface area contributed by atoms with Crippen molar-refractivity contribution in [2.75, 3.05) is 0 Å². The van der Waals surface area contributed by atoms with Crippen molar-refractivity contribution in [1.82, 2.24) is 4.98 Å². The van der Waals surface area contributed by atoms with Crippen LogP contribution in [0, 0.1) is 0 Å². The standard InChI is InChI=1S/C11H9Cl2NOS/c12-8-2-1-3-9(13)7(8)4-10(15)11-5-14-6-16-11/h1-3,5-6,10,15H,4H2. The molecule has 0 amide bonds.